The molecule has 9 nitrogen and oxygen atoms in total. The summed E-state index contributed by atoms with van der Waals surface area (Å²) in [6.45, 7) is 10.3. The zero-order valence-electron chi connectivity index (χ0n) is 24.6. The highest BCUT2D eigenvalue weighted by Crippen LogP contribution is 2.29. The normalized spacial score (nSPS) is 16.4. The van der Waals surface area contributed by atoms with Crippen LogP contribution in [-0.2, 0) is 9.53 Å². The molecule has 42 heavy (non-hydrogen) atoms. The van der Waals surface area contributed by atoms with Gasteiger partial charge in [0.25, 0.3) is 0 Å². The van der Waals surface area contributed by atoms with Crippen molar-refractivity contribution in [1.29, 1.82) is 0 Å². The quantitative estimate of drug-likeness (QED) is 0.281. The van der Waals surface area contributed by atoms with E-state index in [-0.39, 0.29) is 19.0 Å². The highest BCUT2D eigenvalue weighted by atomic mass is 19.1. The first-order valence-corrected chi connectivity index (χ1v) is 13.8. The van der Waals surface area contributed by atoms with E-state index in [9.17, 15) is 14.0 Å². The maximum absolute atomic E-state index is 14.7. The zero-order valence-corrected chi connectivity index (χ0v) is 24.6. The molecule has 1 unspecified atom stereocenters. The standard InChI is InChI=1S/C20H21FN2O3.C12H18N4/c1-13-4-3-5-15(7-6-13)18-9-8-16(10-19(18)21)23-12-17(26-20(23)25)11-22-14(2)24;1-11(9-10-13-2)15-16(14-3)12-7-5-4-6-8-12/h4-10,17H,3,11-12H2,1-2H3,(H,22,24);4-8,13H,3,9-10H2,1-2H3/b;15-11-. The first-order valence-electron chi connectivity index (χ1n) is 13.8. The summed E-state index contributed by atoms with van der Waals surface area (Å²) in [4.78, 5) is 24.4. The van der Waals surface area contributed by atoms with Gasteiger partial charge in [-0.25, -0.2) is 9.18 Å². The Bertz CT molecular complexity index is 1370. The molecule has 2 amide bonds. The van der Waals surface area contributed by atoms with Crippen molar-refractivity contribution in [2.45, 2.75) is 39.7 Å². The fraction of sp³-hybridized carbons (Fsp3) is 0.312. The Balaban J connectivity index is 0.000000260. The summed E-state index contributed by atoms with van der Waals surface area (Å²) < 4.78 is 19.9. The fourth-order valence-corrected chi connectivity index (χ4v) is 4.18. The number of hydrazone groups is 2. The predicted molar refractivity (Wildman–Crippen MR) is 168 cm³/mol. The number of rotatable bonds is 10. The molecular weight excluding hydrogens is 535 g/mol. The maximum Gasteiger partial charge on any atom is 0.414 e. The van der Waals surface area contributed by atoms with Crippen molar-refractivity contribution in [1.82, 2.24) is 10.6 Å². The van der Waals surface area contributed by atoms with Crippen molar-refractivity contribution < 1.29 is 18.7 Å². The van der Waals surface area contributed by atoms with Crippen LogP contribution in [0.15, 0.2) is 88.6 Å². The molecule has 1 fully saturated rings. The van der Waals surface area contributed by atoms with Crippen LogP contribution in [0.25, 0.3) is 5.57 Å². The van der Waals surface area contributed by atoms with Crippen LogP contribution >= 0.6 is 0 Å². The number of ether oxygens (including phenoxy) is 1. The van der Waals surface area contributed by atoms with Gasteiger partial charge in [0.05, 0.1) is 24.5 Å². The summed E-state index contributed by atoms with van der Waals surface area (Å²) in [7, 11) is 1.92. The van der Waals surface area contributed by atoms with Gasteiger partial charge in [0.15, 0.2) is 0 Å². The number of hydrogen-bond donors (Lipinski definition) is 2. The van der Waals surface area contributed by atoms with Gasteiger partial charge in [-0.3, -0.25) is 9.69 Å². The number of amides is 2. The van der Waals surface area contributed by atoms with Crippen molar-refractivity contribution >= 4 is 41.4 Å². The van der Waals surface area contributed by atoms with Gasteiger partial charge in [-0.15, -0.1) is 0 Å². The van der Waals surface area contributed by atoms with Gasteiger partial charge in [-0.1, -0.05) is 48.1 Å². The molecule has 0 aromatic heterocycles. The number of hydrogen-bond acceptors (Lipinski definition) is 7. The summed E-state index contributed by atoms with van der Waals surface area (Å²) in [5.41, 5.74) is 4.82. The van der Waals surface area contributed by atoms with E-state index < -0.39 is 18.0 Å². The number of benzene rings is 2. The Labute approximate surface area is 247 Å². The number of allylic oxidation sites excluding steroid dienone is 6. The van der Waals surface area contributed by atoms with Gasteiger partial charge in [-0.05, 0) is 69.6 Å². The van der Waals surface area contributed by atoms with Gasteiger partial charge in [0.1, 0.15) is 11.9 Å². The third-order valence-electron chi connectivity index (χ3n) is 6.45. The second-order valence-electron chi connectivity index (χ2n) is 9.85. The number of para-hydroxylation sites is 1. The van der Waals surface area contributed by atoms with Crippen molar-refractivity contribution in [2.24, 2.45) is 10.2 Å². The molecule has 10 heteroatoms. The molecule has 222 valence electrons. The van der Waals surface area contributed by atoms with E-state index in [4.69, 9.17) is 4.74 Å². The minimum Gasteiger partial charge on any atom is -0.442 e. The van der Waals surface area contributed by atoms with Crippen LogP contribution in [-0.4, -0.2) is 57.2 Å². The highest BCUT2D eigenvalue weighted by molar-refractivity contribution is 5.90. The van der Waals surface area contributed by atoms with Crippen molar-refractivity contribution in [3.05, 3.63) is 89.8 Å². The summed E-state index contributed by atoms with van der Waals surface area (Å²) in [6, 6.07) is 14.5. The van der Waals surface area contributed by atoms with E-state index in [0.717, 1.165) is 41.9 Å². The van der Waals surface area contributed by atoms with Crippen LogP contribution in [0, 0.1) is 5.82 Å². The van der Waals surface area contributed by atoms with Gasteiger partial charge in [-0.2, -0.15) is 15.3 Å². The lowest BCUT2D eigenvalue weighted by Crippen LogP contribution is -2.33. The van der Waals surface area contributed by atoms with E-state index in [1.54, 1.807) is 17.3 Å². The predicted octanol–water partition coefficient (Wildman–Crippen LogP) is 5.67. The molecule has 1 saturated heterocycles. The minimum absolute atomic E-state index is 0.190. The smallest absolute Gasteiger partial charge is 0.414 e. The molecule has 0 bridgehead atoms. The molecule has 1 atom stereocenters. The second kappa shape index (κ2) is 16.0. The number of carbonyl (C=O) groups excluding carboxylic acids is 2. The average molecular weight is 575 g/mol. The summed E-state index contributed by atoms with van der Waals surface area (Å²) >= 11 is 0. The largest absolute Gasteiger partial charge is 0.442 e. The average Bonchev–Trinajstić information content (AvgIpc) is 3.22. The molecule has 2 aliphatic rings. The molecule has 2 N–H and O–H groups in total. The number of nitrogens with one attached hydrogen (secondary N) is 2. The lowest BCUT2D eigenvalue weighted by molar-refractivity contribution is -0.119. The summed E-state index contributed by atoms with van der Waals surface area (Å²) in [5.74, 6) is -0.583. The third kappa shape index (κ3) is 9.52. The summed E-state index contributed by atoms with van der Waals surface area (Å²) in [6.07, 6.45) is 8.55. The van der Waals surface area contributed by atoms with Gasteiger partial charge < -0.3 is 15.4 Å². The number of cyclic esters (lactones) is 1. The Morgan fingerprint density at radius 3 is 2.60 bits per heavy atom. The lowest BCUT2D eigenvalue weighted by atomic mass is 10.0. The van der Waals surface area contributed by atoms with Crippen LogP contribution in [0.3, 0.4) is 0 Å². The van der Waals surface area contributed by atoms with Crippen LogP contribution in [0.4, 0.5) is 20.6 Å². The topological polar surface area (TPSA) is 98.6 Å². The Hall–Kier alpha value is -4.57. The Kier molecular flexibility index (Phi) is 12.2. The number of carbonyl (C=O) groups is 2. The van der Waals surface area contributed by atoms with Gasteiger partial charge >= 0.3 is 6.09 Å². The Morgan fingerprint density at radius 2 is 1.93 bits per heavy atom. The van der Waals surface area contributed by atoms with Crippen molar-refractivity contribution in [2.75, 3.05) is 36.7 Å². The lowest BCUT2D eigenvalue weighted by Gasteiger charge is -2.15. The molecule has 2 aromatic rings. The van der Waals surface area contributed by atoms with Crippen LogP contribution in [0.2, 0.25) is 0 Å². The SMILES string of the molecule is C=NN(/N=C(/C)CCNC)c1ccccc1.CC(=O)NCC1CN(c2ccc(C3=CCC=C(C)C=C3)c(F)c2)C(=O)O1. The van der Waals surface area contributed by atoms with Crippen molar-refractivity contribution in [3.63, 3.8) is 0 Å². The van der Waals surface area contributed by atoms with E-state index >= 15 is 0 Å². The van der Waals surface area contributed by atoms with E-state index in [1.165, 1.54) is 17.9 Å². The third-order valence-corrected chi connectivity index (χ3v) is 6.45. The van der Waals surface area contributed by atoms with Gasteiger partial charge in [0, 0.05) is 31.5 Å². The zero-order chi connectivity index (χ0) is 30.5. The second-order valence-corrected chi connectivity index (χ2v) is 9.85. The molecule has 1 aliphatic heterocycles. The molecular formula is C32H39FN6O3. The molecule has 0 radical (unpaired) electrons. The number of anilines is 2. The van der Waals surface area contributed by atoms with E-state index in [0.29, 0.717) is 11.3 Å². The van der Waals surface area contributed by atoms with Crippen molar-refractivity contribution in [3.8, 4) is 0 Å². The Morgan fingerprint density at radius 1 is 1.17 bits per heavy atom. The maximum atomic E-state index is 14.7. The fourth-order valence-electron chi connectivity index (χ4n) is 4.18. The van der Waals surface area contributed by atoms with Crippen LogP contribution < -0.4 is 20.7 Å². The highest BCUT2D eigenvalue weighted by Gasteiger charge is 2.32. The summed E-state index contributed by atoms with van der Waals surface area (Å²) in [5, 5.41) is 15.5. The van der Waals surface area contributed by atoms with E-state index in [2.05, 4.69) is 33.6 Å². The van der Waals surface area contributed by atoms with Gasteiger partial charge in [0.2, 0.25) is 5.91 Å². The molecule has 4 rings (SSSR count). The van der Waals surface area contributed by atoms with Crippen LogP contribution in [0.1, 0.15) is 39.2 Å². The minimum atomic E-state index is -0.541. The molecule has 1 heterocycles. The molecule has 1 aliphatic carbocycles. The monoisotopic (exact) mass is 574 g/mol. The molecule has 2 aromatic carbocycles. The molecule has 0 spiro atoms. The van der Waals surface area contributed by atoms with Crippen LogP contribution in [0.5, 0.6) is 0 Å². The molecule has 0 saturated carbocycles. The first-order chi connectivity index (χ1) is 20.2. The first kappa shape index (κ1) is 32.0. The van der Waals surface area contributed by atoms with E-state index in [1.807, 2.05) is 69.5 Å². The number of halogens is 1. The number of nitrogens with zero attached hydrogens (tertiary/aromatic N) is 4.